The molecule has 0 saturated heterocycles. The van der Waals surface area contributed by atoms with E-state index in [1.165, 1.54) is 18.2 Å². The van der Waals surface area contributed by atoms with E-state index in [4.69, 9.17) is 5.11 Å². The standard InChI is InChI=1S/C15H11BrFNO3/c16-11-6-3-7-12(17)14(11)18-13(19)8-9-4-1-2-5-10(9)15(20)21/h1-7H,8H2,(H,18,19)(H,20,21). The number of amides is 1. The fraction of sp³-hybridized carbons (Fsp3) is 0.0667. The van der Waals surface area contributed by atoms with Gasteiger partial charge in [-0.05, 0) is 39.7 Å². The maximum absolute atomic E-state index is 13.6. The van der Waals surface area contributed by atoms with Gasteiger partial charge in [-0.2, -0.15) is 0 Å². The molecule has 1 amide bonds. The fourth-order valence-corrected chi connectivity index (χ4v) is 2.30. The van der Waals surface area contributed by atoms with Gasteiger partial charge in [-0.25, -0.2) is 9.18 Å². The lowest BCUT2D eigenvalue weighted by Crippen LogP contribution is -2.17. The predicted molar refractivity (Wildman–Crippen MR) is 79.8 cm³/mol. The van der Waals surface area contributed by atoms with E-state index in [0.29, 0.717) is 10.0 Å². The third-order valence-corrected chi connectivity index (χ3v) is 3.49. The van der Waals surface area contributed by atoms with Crippen LogP contribution in [0.15, 0.2) is 46.9 Å². The highest BCUT2D eigenvalue weighted by Gasteiger charge is 2.15. The Bertz CT molecular complexity index is 683. The second kappa shape index (κ2) is 6.49. The van der Waals surface area contributed by atoms with Crippen molar-refractivity contribution in [2.75, 3.05) is 5.32 Å². The first-order valence-electron chi connectivity index (χ1n) is 6.04. The molecule has 21 heavy (non-hydrogen) atoms. The van der Waals surface area contributed by atoms with Crippen molar-refractivity contribution in [3.63, 3.8) is 0 Å². The number of para-hydroxylation sites is 1. The highest BCUT2D eigenvalue weighted by Crippen LogP contribution is 2.25. The smallest absolute Gasteiger partial charge is 0.335 e. The third-order valence-electron chi connectivity index (χ3n) is 2.83. The first-order valence-corrected chi connectivity index (χ1v) is 6.83. The zero-order chi connectivity index (χ0) is 15.4. The maximum Gasteiger partial charge on any atom is 0.335 e. The second-order valence-electron chi connectivity index (χ2n) is 4.28. The van der Waals surface area contributed by atoms with E-state index in [0.717, 1.165) is 0 Å². The number of hydrogen-bond donors (Lipinski definition) is 2. The Balaban J connectivity index is 2.18. The molecule has 0 aliphatic heterocycles. The van der Waals surface area contributed by atoms with Crippen molar-refractivity contribution in [2.45, 2.75) is 6.42 Å². The second-order valence-corrected chi connectivity index (χ2v) is 5.14. The molecule has 0 aliphatic carbocycles. The van der Waals surface area contributed by atoms with Crippen LogP contribution in [0, 0.1) is 5.82 Å². The highest BCUT2D eigenvalue weighted by atomic mass is 79.9. The number of benzene rings is 2. The number of anilines is 1. The van der Waals surface area contributed by atoms with E-state index >= 15 is 0 Å². The van der Waals surface area contributed by atoms with E-state index in [-0.39, 0.29) is 17.7 Å². The van der Waals surface area contributed by atoms with Crippen LogP contribution in [-0.2, 0) is 11.2 Å². The summed E-state index contributed by atoms with van der Waals surface area (Å²) in [4.78, 5) is 23.0. The van der Waals surface area contributed by atoms with E-state index in [2.05, 4.69) is 21.2 Å². The minimum absolute atomic E-state index is 0.0373. The molecular formula is C15H11BrFNO3. The summed E-state index contributed by atoms with van der Waals surface area (Å²) >= 11 is 3.15. The van der Waals surface area contributed by atoms with Gasteiger partial charge in [0.05, 0.1) is 17.7 Å². The number of hydrogen-bond acceptors (Lipinski definition) is 2. The molecule has 0 heterocycles. The molecule has 0 radical (unpaired) electrons. The van der Waals surface area contributed by atoms with Crippen LogP contribution in [0.3, 0.4) is 0 Å². The van der Waals surface area contributed by atoms with Gasteiger partial charge in [0.1, 0.15) is 5.82 Å². The summed E-state index contributed by atoms with van der Waals surface area (Å²) in [5.74, 6) is -2.16. The van der Waals surface area contributed by atoms with Gasteiger partial charge in [0, 0.05) is 4.47 Å². The molecule has 0 bridgehead atoms. The zero-order valence-corrected chi connectivity index (χ0v) is 12.4. The third kappa shape index (κ3) is 3.66. The van der Waals surface area contributed by atoms with Crippen LogP contribution in [0.5, 0.6) is 0 Å². The lowest BCUT2D eigenvalue weighted by molar-refractivity contribution is -0.115. The molecule has 0 aliphatic rings. The number of carbonyl (C=O) groups excluding carboxylic acids is 1. The van der Waals surface area contributed by atoms with Gasteiger partial charge in [-0.3, -0.25) is 4.79 Å². The number of carboxylic acids is 1. The SMILES string of the molecule is O=C(Cc1ccccc1C(=O)O)Nc1c(F)cccc1Br. The van der Waals surface area contributed by atoms with Crippen molar-refractivity contribution in [2.24, 2.45) is 0 Å². The van der Waals surface area contributed by atoms with Gasteiger partial charge in [-0.1, -0.05) is 24.3 Å². The Kier molecular flexibility index (Phi) is 4.70. The van der Waals surface area contributed by atoms with Crippen molar-refractivity contribution in [1.29, 1.82) is 0 Å². The quantitative estimate of drug-likeness (QED) is 0.886. The van der Waals surface area contributed by atoms with E-state index in [1.807, 2.05) is 0 Å². The molecule has 108 valence electrons. The number of carboxylic acid groups (broad SMARTS) is 1. The summed E-state index contributed by atoms with van der Waals surface area (Å²) < 4.78 is 14.0. The van der Waals surface area contributed by atoms with Crippen molar-refractivity contribution >= 4 is 33.5 Å². The minimum atomic E-state index is -1.11. The molecule has 0 saturated carbocycles. The maximum atomic E-state index is 13.6. The molecule has 6 heteroatoms. The van der Waals surface area contributed by atoms with Crippen molar-refractivity contribution in [1.82, 2.24) is 0 Å². The van der Waals surface area contributed by atoms with Crippen molar-refractivity contribution in [3.8, 4) is 0 Å². The number of nitrogens with one attached hydrogen (secondary N) is 1. The van der Waals surface area contributed by atoms with Crippen LogP contribution in [0.4, 0.5) is 10.1 Å². The number of carbonyl (C=O) groups is 2. The fourth-order valence-electron chi connectivity index (χ4n) is 1.86. The van der Waals surface area contributed by atoms with Crippen LogP contribution in [0.2, 0.25) is 0 Å². The van der Waals surface area contributed by atoms with E-state index in [9.17, 15) is 14.0 Å². The first kappa shape index (κ1) is 15.2. The monoisotopic (exact) mass is 351 g/mol. The largest absolute Gasteiger partial charge is 0.478 e. The molecule has 0 aromatic heterocycles. The molecule has 0 unspecified atom stereocenters. The highest BCUT2D eigenvalue weighted by molar-refractivity contribution is 9.10. The zero-order valence-electron chi connectivity index (χ0n) is 10.8. The van der Waals surface area contributed by atoms with Gasteiger partial charge < -0.3 is 10.4 Å². The molecule has 2 aromatic carbocycles. The first-order chi connectivity index (χ1) is 9.99. The summed E-state index contributed by atoms with van der Waals surface area (Å²) in [5, 5.41) is 11.5. The van der Waals surface area contributed by atoms with Crippen molar-refractivity contribution < 1.29 is 19.1 Å². The Labute approximate surface area is 128 Å². The normalized spacial score (nSPS) is 10.2. The van der Waals surface area contributed by atoms with E-state index in [1.54, 1.807) is 24.3 Å². The predicted octanol–water partition coefficient (Wildman–Crippen LogP) is 3.47. The number of halogens is 2. The lowest BCUT2D eigenvalue weighted by atomic mass is 10.0. The van der Waals surface area contributed by atoms with Crippen LogP contribution >= 0.6 is 15.9 Å². The molecule has 2 rings (SSSR count). The van der Waals surface area contributed by atoms with Crippen LogP contribution in [0.25, 0.3) is 0 Å². The number of aromatic carboxylic acids is 1. The van der Waals surface area contributed by atoms with Gasteiger partial charge in [-0.15, -0.1) is 0 Å². The average Bonchev–Trinajstić information content (AvgIpc) is 2.43. The molecule has 0 spiro atoms. The Hall–Kier alpha value is -2.21. The summed E-state index contributed by atoms with van der Waals surface area (Å²) in [6.45, 7) is 0. The van der Waals surface area contributed by atoms with Crippen LogP contribution in [-0.4, -0.2) is 17.0 Å². The summed E-state index contributed by atoms with van der Waals surface area (Å²) in [5.41, 5.74) is 0.463. The van der Waals surface area contributed by atoms with Crippen LogP contribution in [0.1, 0.15) is 15.9 Å². The lowest BCUT2D eigenvalue weighted by Gasteiger charge is -2.09. The topological polar surface area (TPSA) is 66.4 Å². The van der Waals surface area contributed by atoms with Crippen molar-refractivity contribution in [3.05, 3.63) is 63.9 Å². The Morgan fingerprint density at radius 3 is 2.52 bits per heavy atom. The summed E-state index contributed by atoms with van der Waals surface area (Å²) in [6, 6.07) is 10.5. The molecule has 4 nitrogen and oxygen atoms in total. The molecule has 2 aromatic rings. The molecule has 0 fully saturated rings. The van der Waals surface area contributed by atoms with Crippen LogP contribution < -0.4 is 5.32 Å². The van der Waals surface area contributed by atoms with Gasteiger partial charge in [0.2, 0.25) is 5.91 Å². The molecule has 0 atom stereocenters. The van der Waals surface area contributed by atoms with Gasteiger partial charge >= 0.3 is 5.97 Å². The minimum Gasteiger partial charge on any atom is -0.478 e. The molecule has 2 N–H and O–H groups in total. The van der Waals surface area contributed by atoms with Gasteiger partial charge in [0.25, 0.3) is 0 Å². The van der Waals surface area contributed by atoms with Gasteiger partial charge in [0.15, 0.2) is 0 Å². The molecular weight excluding hydrogens is 341 g/mol. The Morgan fingerprint density at radius 2 is 1.86 bits per heavy atom. The summed E-state index contributed by atoms with van der Waals surface area (Å²) in [6.07, 6.45) is -0.150. The van der Waals surface area contributed by atoms with E-state index < -0.39 is 17.7 Å². The Morgan fingerprint density at radius 1 is 1.14 bits per heavy atom. The number of rotatable bonds is 4. The average molecular weight is 352 g/mol. The summed E-state index contributed by atoms with van der Waals surface area (Å²) in [7, 11) is 0.